The summed E-state index contributed by atoms with van der Waals surface area (Å²) < 4.78 is 11.4. The third-order valence-corrected chi connectivity index (χ3v) is 5.10. The van der Waals surface area contributed by atoms with Crippen molar-refractivity contribution < 1.29 is 24.2 Å². The van der Waals surface area contributed by atoms with Crippen molar-refractivity contribution in [2.75, 3.05) is 13.2 Å². The summed E-state index contributed by atoms with van der Waals surface area (Å²) >= 11 is 0. The molecule has 1 fully saturated rings. The van der Waals surface area contributed by atoms with Crippen LogP contribution in [0.1, 0.15) is 50.6 Å². The number of carbonyl (C=O) groups excluding carboxylic acids is 2. The molecule has 1 aliphatic rings. The van der Waals surface area contributed by atoms with Gasteiger partial charge in [0, 0.05) is 18.3 Å². The molecule has 3 rings (SSSR count). The number of aromatic nitrogens is 1. The van der Waals surface area contributed by atoms with Crippen LogP contribution in [-0.2, 0) is 14.3 Å². The maximum Gasteiger partial charge on any atom is 0.295 e. The van der Waals surface area contributed by atoms with E-state index in [1.165, 1.54) is 4.90 Å². The molecule has 0 radical (unpaired) electrons. The second kappa shape index (κ2) is 9.96. The maximum atomic E-state index is 13.0. The van der Waals surface area contributed by atoms with E-state index in [0.717, 1.165) is 5.56 Å². The third kappa shape index (κ3) is 4.99. The molecular weight excluding hydrogens is 408 g/mol. The molecule has 0 spiro atoms. The number of aliphatic hydroxyl groups is 1. The fraction of sp³-hybridized carbons (Fsp3) is 0.400. The second-order valence-electron chi connectivity index (χ2n) is 8.31. The van der Waals surface area contributed by atoms with Gasteiger partial charge in [0.05, 0.1) is 30.1 Å². The van der Waals surface area contributed by atoms with E-state index in [9.17, 15) is 14.7 Å². The molecule has 7 nitrogen and oxygen atoms in total. The summed E-state index contributed by atoms with van der Waals surface area (Å²) in [5.41, 5.74) is 1.79. The summed E-state index contributed by atoms with van der Waals surface area (Å²) in [4.78, 5) is 31.7. The molecule has 1 saturated heterocycles. The molecule has 1 N–H and O–H groups in total. The standard InChI is InChI=1S/C25H30N2O5/c1-15(2)31-13-12-27-22(19-8-6-7-11-26-19)21(24(29)25(27)30)23(28)18-9-10-20(17(5)14-18)32-16(3)4/h6-11,14-16,22,28H,12-13H2,1-5H3/b23-21-. The highest BCUT2D eigenvalue weighted by molar-refractivity contribution is 6.46. The van der Waals surface area contributed by atoms with Crippen LogP contribution in [0.3, 0.4) is 0 Å². The number of ether oxygens (including phenoxy) is 2. The highest BCUT2D eigenvalue weighted by Gasteiger charge is 2.46. The average molecular weight is 439 g/mol. The minimum Gasteiger partial charge on any atom is -0.507 e. The number of aliphatic hydroxyl groups excluding tert-OH is 1. The first-order chi connectivity index (χ1) is 15.2. The molecule has 170 valence electrons. The number of ketones is 1. The largest absolute Gasteiger partial charge is 0.507 e. The van der Waals surface area contributed by atoms with Gasteiger partial charge in [-0.15, -0.1) is 0 Å². The van der Waals surface area contributed by atoms with Gasteiger partial charge in [-0.1, -0.05) is 6.07 Å². The molecule has 0 bridgehead atoms. The number of amides is 1. The second-order valence-corrected chi connectivity index (χ2v) is 8.31. The maximum absolute atomic E-state index is 13.0. The summed E-state index contributed by atoms with van der Waals surface area (Å²) in [6.45, 7) is 10.0. The summed E-state index contributed by atoms with van der Waals surface area (Å²) in [5.74, 6) is -0.941. The number of nitrogens with zero attached hydrogens (tertiary/aromatic N) is 2. The SMILES string of the molecule is Cc1cc(/C(O)=C2/C(=O)C(=O)N(CCOC(C)C)C2c2ccccn2)ccc1OC(C)C. The number of benzene rings is 1. The topological polar surface area (TPSA) is 89.0 Å². The Morgan fingerprint density at radius 3 is 2.47 bits per heavy atom. The summed E-state index contributed by atoms with van der Waals surface area (Å²) in [7, 11) is 0. The lowest BCUT2D eigenvalue weighted by Gasteiger charge is -2.24. The van der Waals surface area contributed by atoms with Gasteiger partial charge in [-0.05, 0) is 70.5 Å². The van der Waals surface area contributed by atoms with Crippen LogP contribution in [0, 0.1) is 6.92 Å². The van der Waals surface area contributed by atoms with Gasteiger partial charge in [0.15, 0.2) is 0 Å². The Kier molecular flexibility index (Phi) is 7.30. The Bertz CT molecular complexity index is 1010. The van der Waals surface area contributed by atoms with Crippen LogP contribution in [0.5, 0.6) is 5.75 Å². The highest BCUT2D eigenvalue weighted by atomic mass is 16.5. The molecule has 1 unspecified atom stereocenters. The molecule has 2 heterocycles. The predicted octanol–water partition coefficient (Wildman–Crippen LogP) is 4.02. The average Bonchev–Trinajstić information content (AvgIpc) is 2.99. The summed E-state index contributed by atoms with van der Waals surface area (Å²) in [6.07, 6.45) is 1.60. The normalized spacial score (nSPS) is 18.1. The van der Waals surface area contributed by atoms with Crippen molar-refractivity contribution in [2.45, 2.75) is 52.9 Å². The van der Waals surface area contributed by atoms with Crippen LogP contribution in [0.25, 0.3) is 5.76 Å². The highest BCUT2D eigenvalue weighted by Crippen LogP contribution is 2.39. The summed E-state index contributed by atoms with van der Waals surface area (Å²) in [5, 5.41) is 11.1. The predicted molar refractivity (Wildman–Crippen MR) is 121 cm³/mol. The lowest BCUT2D eigenvalue weighted by Crippen LogP contribution is -2.33. The van der Waals surface area contributed by atoms with Gasteiger partial charge in [-0.3, -0.25) is 14.6 Å². The summed E-state index contributed by atoms with van der Waals surface area (Å²) in [6, 6.07) is 9.68. The van der Waals surface area contributed by atoms with E-state index in [0.29, 0.717) is 17.0 Å². The van der Waals surface area contributed by atoms with Gasteiger partial charge in [-0.2, -0.15) is 0 Å². The molecule has 0 saturated carbocycles. The molecular formula is C25H30N2O5. The molecule has 1 aromatic heterocycles. The van der Waals surface area contributed by atoms with Crippen molar-refractivity contribution in [3.05, 3.63) is 65.0 Å². The number of Topliss-reactive ketones (excluding diaryl/α,β-unsaturated/α-hetero) is 1. The van der Waals surface area contributed by atoms with Crippen molar-refractivity contribution in [1.29, 1.82) is 0 Å². The number of pyridine rings is 1. The first-order valence-electron chi connectivity index (χ1n) is 10.8. The Labute approximate surface area is 188 Å². The van der Waals surface area contributed by atoms with Gasteiger partial charge < -0.3 is 19.5 Å². The van der Waals surface area contributed by atoms with Crippen LogP contribution in [0.2, 0.25) is 0 Å². The quantitative estimate of drug-likeness (QED) is 0.380. The zero-order valence-corrected chi connectivity index (χ0v) is 19.2. The molecule has 2 aromatic rings. The Hall–Kier alpha value is -3.19. The van der Waals surface area contributed by atoms with Crippen molar-refractivity contribution >= 4 is 17.4 Å². The fourth-order valence-corrected chi connectivity index (χ4v) is 3.68. The van der Waals surface area contributed by atoms with Crippen LogP contribution in [0.15, 0.2) is 48.2 Å². The van der Waals surface area contributed by atoms with Gasteiger partial charge >= 0.3 is 0 Å². The monoisotopic (exact) mass is 438 g/mol. The number of aryl methyl sites for hydroxylation is 1. The zero-order chi connectivity index (χ0) is 23.4. The van der Waals surface area contributed by atoms with Gasteiger partial charge in [0.1, 0.15) is 17.6 Å². The number of hydrogen-bond donors (Lipinski definition) is 1. The number of rotatable bonds is 8. The van der Waals surface area contributed by atoms with Crippen molar-refractivity contribution in [2.24, 2.45) is 0 Å². The number of hydrogen-bond acceptors (Lipinski definition) is 6. The number of carbonyl (C=O) groups is 2. The van der Waals surface area contributed by atoms with Crippen molar-refractivity contribution in [3.8, 4) is 5.75 Å². The van der Waals surface area contributed by atoms with Crippen molar-refractivity contribution in [1.82, 2.24) is 9.88 Å². The first kappa shape index (κ1) is 23.5. The van der Waals surface area contributed by atoms with Crippen LogP contribution in [-0.4, -0.2) is 52.0 Å². The molecule has 0 aliphatic carbocycles. The van der Waals surface area contributed by atoms with E-state index >= 15 is 0 Å². The van der Waals surface area contributed by atoms with Crippen LogP contribution >= 0.6 is 0 Å². The first-order valence-corrected chi connectivity index (χ1v) is 10.8. The Balaban J connectivity index is 2.05. The third-order valence-electron chi connectivity index (χ3n) is 5.10. The minimum absolute atomic E-state index is 0.00494. The van der Waals surface area contributed by atoms with Crippen LogP contribution < -0.4 is 4.74 Å². The van der Waals surface area contributed by atoms with Gasteiger partial charge in [-0.25, -0.2) is 0 Å². The molecule has 7 heteroatoms. The Morgan fingerprint density at radius 2 is 1.88 bits per heavy atom. The Morgan fingerprint density at radius 1 is 1.12 bits per heavy atom. The molecule has 1 aromatic carbocycles. The minimum atomic E-state index is -0.793. The van der Waals surface area contributed by atoms with Crippen LogP contribution in [0.4, 0.5) is 0 Å². The van der Waals surface area contributed by atoms with E-state index in [4.69, 9.17) is 9.47 Å². The van der Waals surface area contributed by atoms with E-state index in [-0.39, 0.29) is 36.7 Å². The van der Waals surface area contributed by atoms with E-state index in [1.807, 2.05) is 34.6 Å². The lowest BCUT2D eigenvalue weighted by molar-refractivity contribution is -0.140. The van der Waals surface area contributed by atoms with E-state index in [1.54, 1.807) is 42.6 Å². The molecule has 1 aliphatic heterocycles. The molecule has 1 atom stereocenters. The zero-order valence-electron chi connectivity index (χ0n) is 19.2. The molecule has 32 heavy (non-hydrogen) atoms. The molecule has 1 amide bonds. The van der Waals surface area contributed by atoms with Crippen molar-refractivity contribution in [3.63, 3.8) is 0 Å². The van der Waals surface area contributed by atoms with Gasteiger partial charge in [0.2, 0.25) is 0 Å². The fourth-order valence-electron chi connectivity index (χ4n) is 3.68. The van der Waals surface area contributed by atoms with E-state index in [2.05, 4.69) is 4.98 Å². The number of likely N-dealkylation sites (tertiary alicyclic amines) is 1. The smallest absolute Gasteiger partial charge is 0.295 e. The van der Waals surface area contributed by atoms with E-state index < -0.39 is 17.7 Å². The van der Waals surface area contributed by atoms with Gasteiger partial charge in [0.25, 0.3) is 11.7 Å². The lowest BCUT2D eigenvalue weighted by atomic mass is 9.97.